The highest BCUT2D eigenvalue weighted by Crippen LogP contribution is 2.28. The van der Waals surface area contributed by atoms with Gasteiger partial charge in [-0.05, 0) is 100 Å². The summed E-state index contributed by atoms with van der Waals surface area (Å²) in [6.45, 7) is 29.1. The standard InChI is InChI=1S/C58H104N8O11/c1-21-35(9)29-36(10)30-37(11)31-42-53(71)62(17)32-44(67)66-27-25-26-43(66)50(68)61-45(38(12)22-2)55(73)64(19)47(39(13)23-3)52(70)59-41(28-33(5)6)54(72)65(20)49(58(15,16)76)57(75)77-48(40(14)24-4)56(74)63(18)46(34(7)8)51(69)60-42/h33-43,45-49,76H,21-32H2,1-20H3,(H,59,70)(H,60,69)(H,61,68)/t35-,36-,37-,38?,39?,40?,41?,42?,43?,45?,46?,47?,48?,49?/m1/s1. The first-order valence-electron chi connectivity index (χ1n) is 28.9. The zero-order valence-corrected chi connectivity index (χ0v) is 51.0. The highest BCUT2D eigenvalue weighted by Gasteiger charge is 2.47. The third-order valence-corrected chi connectivity index (χ3v) is 16.4. The minimum absolute atomic E-state index is 0.0567. The number of likely N-dealkylation sites (N-methyl/N-ethyl adjacent to an activating group) is 4. The molecule has 0 aromatic carbocycles. The molecule has 0 radical (unpaired) electrons. The van der Waals surface area contributed by atoms with Crippen LogP contribution in [0.25, 0.3) is 0 Å². The number of amides is 8. The van der Waals surface area contributed by atoms with Crippen LogP contribution >= 0.6 is 0 Å². The molecule has 19 heteroatoms. The van der Waals surface area contributed by atoms with Crippen LogP contribution in [0.2, 0.25) is 0 Å². The fourth-order valence-corrected chi connectivity index (χ4v) is 11.2. The summed E-state index contributed by atoms with van der Waals surface area (Å²) in [6.07, 6.45) is 3.67. The molecule has 442 valence electrons. The number of ether oxygens (including phenoxy) is 1. The number of hydrogen-bond acceptors (Lipinski definition) is 11. The fourth-order valence-electron chi connectivity index (χ4n) is 11.2. The molecule has 2 rings (SSSR count). The molecule has 2 heterocycles. The van der Waals surface area contributed by atoms with Crippen LogP contribution in [0.5, 0.6) is 0 Å². The Morgan fingerprint density at radius 1 is 0.584 bits per heavy atom. The Hall–Kier alpha value is -4.81. The minimum atomic E-state index is -1.95. The first-order chi connectivity index (χ1) is 35.7. The third-order valence-electron chi connectivity index (χ3n) is 16.4. The number of carbonyl (C=O) groups is 9. The predicted octanol–water partition coefficient (Wildman–Crippen LogP) is 5.40. The highest BCUT2D eigenvalue weighted by molar-refractivity contribution is 5.98. The lowest BCUT2D eigenvalue weighted by Gasteiger charge is -2.40. The van der Waals surface area contributed by atoms with Crippen molar-refractivity contribution in [1.29, 1.82) is 0 Å². The summed E-state index contributed by atoms with van der Waals surface area (Å²) in [7, 11) is 5.71. The van der Waals surface area contributed by atoms with Gasteiger partial charge in [0.15, 0.2) is 12.1 Å². The molecule has 14 atom stereocenters. The van der Waals surface area contributed by atoms with E-state index in [0.29, 0.717) is 43.9 Å². The number of aliphatic hydroxyl groups is 1. The van der Waals surface area contributed by atoms with E-state index < -0.39 is 137 Å². The Morgan fingerprint density at radius 3 is 1.61 bits per heavy atom. The summed E-state index contributed by atoms with van der Waals surface area (Å²) in [6, 6.07) is -8.47. The van der Waals surface area contributed by atoms with Crippen LogP contribution in [-0.2, 0) is 47.9 Å². The molecule has 2 fully saturated rings. The van der Waals surface area contributed by atoms with Gasteiger partial charge < -0.3 is 50.3 Å². The monoisotopic (exact) mass is 1090 g/mol. The van der Waals surface area contributed by atoms with Gasteiger partial charge in [-0.25, -0.2) is 4.79 Å². The van der Waals surface area contributed by atoms with Gasteiger partial charge in [-0.3, -0.25) is 38.4 Å². The van der Waals surface area contributed by atoms with Crippen molar-refractivity contribution in [3.63, 3.8) is 0 Å². The van der Waals surface area contributed by atoms with Crippen molar-refractivity contribution >= 4 is 53.2 Å². The van der Waals surface area contributed by atoms with E-state index in [1.54, 1.807) is 34.6 Å². The largest absolute Gasteiger partial charge is 0.450 e. The van der Waals surface area contributed by atoms with Gasteiger partial charge in [-0.2, -0.15) is 0 Å². The van der Waals surface area contributed by atoms with E-state index in [0.717, 1.165) is 24.2 Å². The zero-order chi connectivity index (χ0) is 59.1. The lowest BCUT2D eigenvalue weighted by Crippen LogP contribution is -2.63. The van der Waals surface area contributed by atoms with E-state index in [1.165, 1.54) is 61.6 Å². The van der Waals surface area contributed by atoms with Gasteiger partial charge in [-0.1, -0.05) is 116 Å². The molecule has 77 heavy (non-hydrogen) atoms. The van der Waals surface area contributed by atoms with Gasteiger partial charge in [0.05, 0.1) is 12.1 Å². The summed E-state index contributed by atoms with van der Waals surface area (Å²) < 4.78 is 6.09. The van der Waals surface area contributed by atoms with Crippen LogP contribution in [-0.4, -0.2) is 178 Å². The van der Waals surface area contributed by atoms with Crippen molar-refractivity contribution in [2.75, 3.05) is 41.3 Å². The molecule has 0 bridgehead atoms. The Morgan fingerprint density at radius 2 is 1.10 bits per heavy atom. The maximum atomic E-state index is 14.8. The van der Waals surface area contributed by atoms with Crippen LogP contribution < -0.4 is 16.0 Å². The second-order valence-corrected chi connectivity index (χ2v) is 24.7. The number of rotatable bonds is 17. The zero-order valence-electron chi connectivity index (χ0n) is 51.0. The van der Waals surface area contributed by atoms with E-state index in [1.807, 2.05) is 41.5 Å². The first-order valence-corrected chi connectivity index (χ1v) is 28.9. The number of esters is 1. The minimum Gasteiger partial charge on any atom is -0.450 e. The summed E-state index contributed by atoms with van der Waals surface area (Å²) in [5.74, 6) is -7.39. The van der Waals surface area contributed by atoms with Gasteiger partial charge in [0.25, 0.3) is 5.91 Å². The van der Waals surface area contributed by atoms with Gasteiger partial charge >= 0.3 is 5.97 Å². The summed E-state index contributed by atoms with van der Waals surface area (Å²) in [4.78, 5) is 138. The Balaban J connectivity index is 2.96. The maximum Gasteiger partial charge on any atom is 0.332 e. The molecule has 0 aromatic rings. The molecule has 0 aliphatic carbocycles. The molecular weight excluding hydrogens is 985 g/mol. The average molecular weight is 1090 g/mol. The second-order valence-electron chi connectivity index (χ2n) is 24.7. The molecule has 8 amide bonds. The van der Waals surface area contributed by atoms with Gasteiger partial charge in [0.1, 0.15) is 36.3 Å². The molecule has 0 aromatic heterocycles. The topological polar surface area (TPSA) is 235 Å². The van der Waals surface area contributed by atoms with Crippen molar-refractivity contribution in [2.45, 2.75) is 229 Å². The van der Waals surface area contributed by atoms with Crippen LogP contribution in [0.3, 0.4) is 0 Å². The van der Waals surface area contributed by atoms with Gasteiger partial charge in [0.2, 0.25) is 41.4 Å². The molecule has 0 saturated carbocycles. The maximum absolute atomic E-state index is 14.8. The normalized spacial score (nSPS) is 27.7. The fraction of sp³-hybridized carbons (Fsp3) is 0.845. The van der Waals surface area contributed by atoms with Crippen LogP contribution in [0.1, 0.15) is 175 Å². The number of nitrogens with zero attached hydrogens (tertiary/aromatic N) is 5. The Kier molecular flexibility index (Phi) is 27.1. The number of nitrogens with one attached hydrogen (secondary N) is 3. The molecule has 2 saturated heterocycles. The quantitative estimate of drug-likeness (QED) is 0.135. The number of fused-ring (bicyclic) bond motifs is 1. The molecule has 0 spiro atoms. The lowest BCUT2D eigenvalue weighted by atomic mass is 9.86. The first kappa shape index (κ1) is 68.3. The molecule has 19 nitrogen and oxygen atoms in total. The summed E-state index contributed by atoms with van der Waals surface area (Å²) in [5, 5.41) is 20.5. The smallest absolute Gasteiger partial charge is 0.332 e. The Labute approximate surface area is 462 Å². The van der Waals surface area contributed by atoms with Gasteiger partial charge in [-0.15, -0.1) is 0 Å². The van der Waals surface area contributed by atoms with Crippen molar-refractivity contribution < 1.29 is 53.0 Å². The predicted molar refractivity (Wildman–Crippen MR) is 298 cm³/mol. The molecule has 11 unspecified atom stereocenters. The van der Waals surface area contributed by atoms with Crippen molar-refractivity contribution in [2.24, 2.45) is 47.3 Å². The molecule has 4 N–H and O–H groups in total. The van der Waals surface area contributed by atoms with Crippen molar-refractivity contribution in [3.05, 3.63) is 0 Å². The van der Waals surface area contributed by atoms with Gasteiger partial charge in [0, 0.05) is 40.7 Å². The van der Waals surface area contributed by atoms with E-state index >= 15 is 0 Å². The van der Waals surface area contributed by atoms with E-state index in [-0.39, 0.29) is 31.2 Å². The number of cyclic esters (lactones) is 1. The average Bonchev–Trinajstić information content (AvgIpc) is 3.85. The van der Waals surface area contributed by atoms with Crippen LogP contribution in [0, 0.1) is 47.3 Å². The van der Waals surface area contributed by atoms with Crippen LogP contribution in [0.15, 0.2) is 0 Å². The summed E-state index contributed by atoms with van der Waals surface area (Å²) in [5.41, 5.74) is -1.95. The van der Waals surface area contributed by atoms with Crippen molar-refractivity contribution in [3.8, 4) is 0 Å². The highest BCUT2D eigenvalue weighted by atomic mass is 16.6. The number of carbonyl (C=O) groups excluding carboxylic acids is 9. The van der Waals surface area contributed by atoms with Crippen molar-refractivity contribution in [1.82, 2.24) is 40.4 Å². The SMILES string of the molecule is CCC(C)C1NC(=O)C2CCCN2C(=O)CN(C)C(=O)C(C[C@H](C)C[C@H](C)C[C@H](C)CC)NC(=O)C(C(C)C)N(C)C(=O)C(C(C)CC)OC(=O)C(C(C)(C)O)N(C)C(=O)C(CC(C)C)NC(=O)C(C(C)CC)N(C)C1=O. The second kappa shape index (κ2) is 30.5. The molecular formula is C58H104N8O11. The molecule has 2 aliphatic rings. The Bertz CT molecular complexity index is 2010. The molecule has 2 aliphatic heterocycles. The van der Waals surface area contributed by atoms with Crippen LogP contribution in [0.4, 0.5) is 0 Å². The van der Waals surface area contributed by atoms with E-state index in [4.69, 9.17) is 4.74 Å². The van der Waals surface area contributed by atoms with E-state index in [2.05, 4.69) is 36.7 Å². The number of hydrogen-bond donors (Lipinski definition) is 4. The van der Waals surface area contributed by atoms with E-state index in [9.17, 15) is 48.3 Å². The lowest BCUT2D eigenvalue weighted by molar-refractivity contribution is -0.177. The summed E-state index contributed by atoms with van der Waals surface area (Å²) >= 11 is 0. The third kappa shape index (κ3) is 18.6.